The van der Waals surface area contributed by atoms with Gasteiger partial charge in [0.15, 0.2) is 18.1 Å². The first-order chi connectivity index (χ1) is 17.9. The number of piperidine rings is 3. The average Bonchev–Trinajstić information content (AvgIpc) is 2.91. The zero-order valence-corrected chi connectivity index (χ0v) is 22.1. The van der Waals surface area contributed by atoms with Gasteiger partial charge in [-0.1, -0.05) is 6.07 Å². The van der Waals surface area contributed by atoms with Gasteiger partial charge < -0.3 is 34.4 Å². The van der Waals surface area contributed by atoms with Gasteiger partial charge in [-0.2, -0.15) is 0 Å². The number of aromatic hydroxyl groups is 1. The maximum Gasteiger partial charge on any atom is 0.262 e. The van der Waals surface area contributed by atoms with Crippen LogP contribution in [0.5, 0.6) is 23.0 Å². The number of rotatable bonds is 11. The number of hydrogen-bond acceptors (Lipinski definition) is 6. The van der Waals surface area contributed by atoms with E-state index in [1.807, 2.05) is 12.1 Å². The molecule has 0 aliphatic carbocycles. The number of nitrogens with zero attached hydrogens (tertiary/aromatic N) is 1. The van der Waals surface area contributed by atoms with Gasteiger partial charge in [0, 0.05) is 24.1 Å². The lowest BCUT2D eigenvalue weighted by Gasteiger charge is -2.49. The van der Waals surface area contributed by atoms with E-state index in [2.05, 4.69) is 23.6 Å². The third-order valence-electron chi connectivity index (χ3n) is 8.37. The van der Waals surface area contributed by atoms with Gasteiger partial charge in [-0.3, -0.25) is 4.79 Å². The molecule has 0 spiro atoms. The van der Waals surface area contributed by atoms with Crippen LogP contribution in [0.4, 0.5) is 5.69 Å². The Kier molecular flexibility index (Phi) is 7.76. The molecular formula is C29H40N3O5+. The molecular weight excluding hydrogens is 470 g/mol. The molecule has 8 heteroatoms. The van der Waals surface area contributed by atoms with Crippen LogP contribution >= 0.6 is 0 Å². The van der Waals surface area contributed by atoms with Crippen molar-refractivity contribution < 1.29 is 28.6 Å². The molecule has 1 unspecified atom stereocenters. The molecule has 3 saturated heterocycles. The fourth-order valence-corrected chi connectivity index (χ4v) is 6.11. The van der Waals surface area contributed by atoms with Crippen LogP contribution in [0.25, 0.3) is 0 Å². The zero-order chi connectivity index (χ0) is 25.8. The smallest absolute Gasteiger partial charge is 0.262 e. The predicted molar refractivity (Wildman–Crippen MR) is 143 cm³/mol. The molecule has 4 aliphatic heterocycles. The summed E-state index contributed by atoms with van der Waals surface area (Å²) in [6.07, 6.45) is 5.94. The number of nitrogens with one attached hydrogen (secondary N) is 2. The summed E-state index contributed by atoms with van der Waals surface area (Å²) >= 11 is 0. The topological polar surface area (TPSA) is 89.0 Å². The van der Waals surface area contributed by atoms with E-state index in [0.29, 0.717) is 31.0 Å². The fraction of sp³-hybridized carbons (Fsp3) is 0.552. The predicted octanol–water partition coefficient (Wildman–Crippen LogP) is 4.02. The van der Waals surface area contributed by atoms with Crippen molar-refractivity contribution in [3.63, 3.8) is 0 Å². The number of amides is 1. The summed E-state index contributed by atoms with van der Waals surface area (Å²) in [7, 11) is 1.68. The summed E-state index contributed by atoms with van der Waals surface area (Å²) in [4.78, 5) is 11.6. The van der Waals surface area contributed by atoms with Crippen LogP contribution in [-0.4, -0.2) is 68.5 Å². The molecule has 0 saturated carbocycles. The van der Waals surface area contributed by atoms with E-state index < -0.39 is 0 Å². The molecule has 3 fully saturated rings. The largest absolute Gasteiger partial charge is 0.508 e. The highest BCUT2D eigenvalue weighted by Gasteiger charge is 2.39. The van der Waals surface area contributed by atoms with Gasteiger partial charge in [0.25, 0.3) is 5.91 Å². The number of phenolic OH excluding ortho intramolecular Hbond substituents is 1. The molecule has 8 nitrogen and oxygen atoms in total. The lowest BCUT2D eigenvalue weighted by molar-refractivity contribution is -0.942. The highest BCUT2D eigenvalue weighted by atomic mass is 16.5. The molecule has 1 amide bonds. The monoisotopic (exact) mass is 510 g/mol. The summed E-state index contributed by atoms with van der Waals surface area (Å²) in [5.41, 5.74) is 2.49. The summed E-state index contributed by atoms with van der Waals surface area (Å²) in [6.45, 7) is 8.76. The molecule has 4 heterocycles. The SMILES string of the molecule is COc1cc(C(C)NCCc2cc(O)cc3c2OCC(=O)N3)ccc1OCCC[N+]12CCC(CC1)CC2. The second kappa shape index (κ2) is 11.2. The number of carbonyl (C=O) groups is 1. The van der Waals surface area contributed by atoms with Crippen LogP contribution in [-0.2, 0) is 11.2 Å². The standard InChI is InChI=1S/C29H39N3O5/c1-20(30-10-6-23-16-24(33)18-25-29(23)37-19-28(34)31-25)22-4-5-26(27(17-22)35-2)36-15-3-11-32-12-7-21(8-13-32)9-14-32/h4-5,16-18,20-21,30H,3,6-15,19H2,1-2H3,(H-,31,33,34)/p+1. The molecule has 2 aromatic rings. The lowest BCUT2D eigenvalue weighted by atomic mass is 9.85. The Labute approximate surface area is 219 Å². The second-order valence-electron chi connectivity index (χ2n) is 10.8. The van der Waals surface area contributed by atoms with Crippen molar-refractivity contribution in [3.8, 4) is 23.0 Å². The molecule has 37 heavy (non-hydrogen) atoms. The second-order valence-corrected chi connectivity index (χ2v) is 10.8. The highest BCUT2D eigenvalue weighted by Crippen LogP contribution is 2.36. The van der Waals surface area contributed by atoms with Crippen molar-refractivity contribution in [2.75, 3.05) is 58.4 Å². The number of phenols is 1. The third kappa shape index (κ3) is 5.96. The van der Waals surface area contributed by atoms with Gasteiger partial charge in [0.1, 0.15) is 11.5 Å². The Morgan fingerprint density at radius 3 is 2.70 bits per heavy atom. The molecule has 1 atom stereocenters. The van der Waals surface area contributed by atoms with E-state index in [1.165, 1.54) is 56.0 Å². The molecule has 0 aromatic heterocycles. The Hall–Kier alpha value is -2.97. The van der Waals surface area contributed by atoms with Gasteiger partial charge in [-0.25, -0.2) is 0 Å². The molecule has 4 aliphatic rings. The van der Waals surface area contributed by atoms with Gasteiger partial charge in [-0.05, 0) is 68.8 Å². The zero-order valence-electron chi connectivity index (χ0n) is 22.1. The number of anilines is 1. The maximum atomic E-state index is 11.6. The van der Waals surface area contributed by atoms with Crippen LogP contribution in [0.3, 0.4) is 0 Å². The quantitative estimate of drug-likeness (QED) is 0.313. The van der Waals surface area contributed by atoms with Gasteiger partial charge in [-0.15, -0.1) is 0 Å². The van der Waals surface area contributed by atoms with Crippen LogP contribution in [0.15, 0.2) is 30.3 Å². The van der Waals surface area contributed by atoms with Crippen molar-refractivity contribution in [2.45, 2.75) is 45.1 Å². The van der Waals surface area contributed by atoms with Gasteiger partial charge in [0.05, 0.1) is 45.6 Å². The molecule has 2 aromatic carbocycles. The molecule has 6 rings (SSSR count). The van der Waals surface area contributed by atoms with Crippen LogP contribution < -0.4 is 24.8 Å². The summed E-state index contributed by atoms with van der Waals surface area (Å²) < 4.78 is 18.7. The Morgan fingerprint density at radius 1 is 1.16 bits per heavy atom. The normalized spacial score (nSPS) is 23.1. The van der Waals surface area contributed by atoms with E-state index >= 15 is 0 Å². The first-order valence-corrected chi connectivity index (χ1v) is 13.6. The third-order valence-corrected chi connectivity index (χ3v) is 8.37. The fourth-order valence-electron chi connectivity index (χ4n) is 6.11. The van der Waals surface area contributed by atoms with E-state index in [9.17, 15) is 9.90 Å². The number of carbonyl (C=O) groups excluding carboxylic acids is 1. The molecule has 0 radical (unpaired) electrons. The van der Waals surface area contributed by atoms with E-state index in [-0.39, 0.29) is 24.3 Å². The number of methoxy groups -OCH3 is 1. The molecule has 200 valence electrons. The van der Waals surface area contributed by atoms with E-state index in [1.54, 1.807) is 13.2 Å². The number of hydrogen-bond donors (Lipinski definition) is 3. The van der Waals surface area contributed by atoms with Crippen molar-refractivity contribution in [3.05, 3.63) is 41.5 Å². The minimum Gasteiger partial charge on any atom is -0.508 e. The summed E-state index contributed by atoms with van der Waals surface area (Å²) in [5.74, 6) is 3.06. The van der Waals surface area contributed by atoms with Crippen molar-refractivity contribution in [1.29, 1.82) is 0 Å². The first kappa shape index (κ1) is 25.7. The van der Waals surface area contributed by atoms with E-state index in [4.69, 9.17) is 14.2 Å². The number of benzene rings is 2. The maximum absolute atomic E-state index is 11.6. The van der Waals surface area contributed by atoms with Crippen molar-refractivity contribution >= 4 is 11.6 Å². The van der Waals surface area contributed by atoms with Crippen LogP contribution in [0, 0.1) is 5.92 Å². The summed E-state index contributed by atoms with van der Waals surface area (Å²) in [5, 5.41) is 16.3. The average molecular weight is 511 g/mol. The van der Waals surface area contributed by atoms with Crippen LogP contribution in [0.2, 0.25) is 0 Å². The Bertz CT molecular complexity index is 1100. The van der Waals surface area contributed by atoms with Gasteiger partial charge >= 0.3 is 0 Å². The lowest BCUT2D eigenvalue weighted by Crippen LogP contribution is -2.58. The van der Waals surface area contributed by atoms with Crippen molar-refractivity contribution in [2.24, 2.45) is 5.92 Å². The van der Waals surface area contributed by atoms with Crippen LogP contribution in [0.1, 0.15) is 49.8 Å². The van der Waals surface area contributed by atoms with E-state index in [0.717, 1.165) is 35.0 Å². The minimum absolute atomic E-state index is 0.0107. The number of ether oxygens (including phenoxy) is 3. The Morgan fingerprint density at radius 2 is 1.95 bits per heavy atom. The number of quaternary nitrogens is 1. The Balaban J connectivity index is 1.12. The molecule has 2 bridgehead atoms. The highest BCUT2D eigenvalue weighted by molar-refractivity contribution is 5.96. The van der Waals surface area contributed by atoms with Gasteiger partial charge in [0.2, 0.25) is 0 Å². The summed E-state index contributed by atoms with van der Waals surface area (Å²) in [6, 6.07) is 9.43. The van der Waals surface area contributed by atoms with Crippen molar-refractivity contribution in [1.82, 2.24) is 5.32 Å². The first-order valence-electron chi connectivity index (χ1n) is 13.6. The number of fused-ring (bicyclic) bond motifs is 4. The minimum atomic E-state index is -0.216. The molecule has 3 N–H and O–H groups in total.